The van der Waals surface area contributed by atoms with Crippen LogP contribution in [0.15, 0.2) is 54.6 Å². The maximum atomic E-state index is 3.75. The minimum absolute atomic E-state index is 0.325. The Balaban J connectivity index is 2.93. The van der Waals surface area contributed by atoms with Gasteiger partial charge in [0, 0.05) is 33.4 Å². The van der Waals surface area contributed by atoms with Gasteiger partial charge in [-0.15, -0.1) is 33.3 Å². The molecule has 7 heteroatoms. The van der Waals surface area contributed by atoms with E-state index in [2.05, 4.69) is 241 Å². The molecule has 0 radical (unpaired) electrons. The highest BCUT2D eigenvalue weighted by molar-refractivity contribution is 6.98. The summed E-state index contributed by atoms with van der Waals surface area (Å²) in [4.78, 5) is 0. The second-order valence-corrected chi connectivity index (χ2v) is 49.2. The van der Waals surface area contributed by atoms with E-state index >= 15 is 0 Å². The van der Waals surface area contributed by atoms with Crippen molar-refractivity contribution >= 4 is 71.5 Å². The fraction of sp³-hybridized carbons (Fsp3) is 0.375. The van der Waals surface area contributed by atoms with Crippen LogP contribution in [0.4, 0.5) is 0 Å². The molecule has 0 aliphatic carbocycles. The lowest BCUT2D eigenvalue weighted by molar-refractivity contribution is 1.59. The predicted molar refractivity (Wildman–Crippen MR) is 265 cm³/mol. The molecular formula is C48H63BSi6. The summed E-state index contributed by atoms with van der Waals surface area (Å²) < 4.78 is 0. The Kier molecular flexibility index (Phi) is 14.7. The van der Waals surface area contributed by atoms with E-state index in [1.54, 1.807) is 0 Å². The highest BCUT2D eigenvalue weighted by Crippen LogP contribution is 2.16. The summed E-state index contributed by atoms with van der Waals surface area (Å²) in [5.41, 5.74) is 31.7. The van der Waals surface area contributed by atoms with Crippen LogP contribution < -0.4 is 16.4 Å². The second-order valence-electron chi connectivity index (χ2n) is 20.7. The van der Waals surface area contributed by atoms with E-state index < -0.39 is 48.4 Å². The van der Waals surface area contributed by atoms with E-state index in [1.807, 2.05) is 0 Å². The molecule has 3 aromatic carbocycles. The van der Waals surface area contributed by atoms with Crippen LogP contribution in [-0.4, -0.2) is 55.2 Å². The van der Waals surface area contributed by atoms with Gasteiger partial charge in [0.25, 0.3) is 6.71 Å². The normalized spacial score (nSPS) is 11.7. The van der Waals surface area contributed by atoms with Crippen molar-refractivity contribution in [2.75, 3.05) is 0 Å². The Morgan fingerprint density at radius 3 is 0.545 bits per heavy atom. The summed E-state index contributed by atoms with van der Waals surface area (Å²) in [6.07, 6.45) is 0. The first-order chi connectivity index (χ1) is 25.0. The largest absolute Gasteiger partial charge is 0.250 e. The average molecular weight is 819 g/mol. The quantitative estimate of drug-likeness (QED) is 0.183. The molecule has 0 N–H and O–H groups in total. The Morgan fingerprint density at radius 2 is 0.418 bits per heavy atom. The number of benzene rings is 3. The molecule has 0 nitrogen and oxygen atoms in total. The molecule has 0 aromatic heterocycles. The standard InChI is InChI=1S/C48H63BSi6/c1-50(2,3)34-28-40-22-19-23-41(29-35-51(4,5)6)46(40)49(47-42(30-36-52(7,8)9)24-20-25-43(47)31-37-53(10,11)12)48-44(32-38-54(13,14)15)26-21-27-45(48)33-39-55(16,17)18/h19-27H,1-18H3. The van der Waals surface area contributed by atoms with Gasteiger partial charge in [-0.05, 0) is 52.8 Å². The molecule has 0 saturated carbocycles. The molecule has 0 aliphatic rings. The third kappa shape index (κ3) is 15.8. The summed E-state index contributed by atoms with van der Waals surface area (Å²) in [6, 6.07) is 19.6. The fourth-order valence-electron chi connectivity index (χ4n) is 5.24. The van der Waals surface area contributed by atoms with Gasteiger partial charge in [-0.2, -0.15) is 0 Å². The van der Waals surface area contributed by atoms with Crippen molar-refractivity contribution in [3.05, 3.63) is 88.0 Å². The van der Waals surface area contributed by atoms with Gasteiger partial charge in [-0.1, -0.05) is 172 Å². The minimum Gasteiger partial charge on any atom is -0.127 e. The third-order valence-corrected chi connectivity index (χ3v) is 12.9. The Morgan fingerprint density at radius 1 is 0.273 bits per heavy atom. The van der Waals surface area contributed by atoms with Crippen molar-refractivity contribution in [1.82, 2.24) is 0 Å². The average Bonchev–Trinajstić information content (AvgIpc) is 3.02. The van der Waals surface area contributed by atoms with Gasteiger partial charge in [-0.3, -0.25) is 0 Å². The van der Waals surface area contributed by atoms with Crippen molar-refractivity contribution in [2.45, 2.75) is 118 Å². The number of rotatable bonds is 3. The van der Waals surface area contributed by atoms with Crippen LogP contribution in [0.3, 0.4) is 0 Å². The smallest absolute Gasteiger partial charge is 0.127 e. The van der Waals surface area contributed by atoms with Crippen molar-refractivity contribution in [3.63, 3.8) is 0 Å². The van der Waals surface area contributed by atoms with Crippen LogP contribution in [0.1, 0.15) is 33.4 Å². The highest BCUT2D eigenvalue weighted by Gasteiger charge is 2.34. The number of hydrogen-bond acceptors (Lipinski definition) is 0. The zero-order valence-electron chi connectivity index (χ0n) is 37.3. The van der Waals surface area contributed by atoms with Crippen molar-refractivity contribution in [3.8, 4) is 68.8 Å². The van der Waals surface area contributed by atoms with Gasteiger partial charge >= 0.3 is 0 Å². The molecule has 0 unspecified atom stereocenters. The topological polar surface area (TPSA) is 0 Å². The molecule has 0 spiro atoms. The number of hydrogen-bond donors (Lipinski definition) is 0. The summed E-state index contributed by atoms with van der Waals surface area (Å²) in [5.74, 6) is 22.5. The van der Waals surface area contributed by atoms with Crippen molar-refractivity contribution in [1.29, 1.82) is 0 Å². The van der Waals surface area contributed by atoms with Crippen molar-refractivity contribution < 1.29 is 0 Å². The van der Waals surface area contributed by atoms with Gasteiger partial charge in [0.1, 0.15) is 48.4 Å². The lowest BCUT2D eigenvalue weighted by Gasteiger charge is -2.25. The Labute approximate surface area is 344 Å². The molecule has 0 heterocycles. The third-order valence-electron chi connectivity index (χ3n) is 7.62. The highest BCUT2D eigenvalue weighted by atomic mass is 28.3. The molecule has 3 rings (SSSR count). The monoisotopic (exact) mass is 818 g/mol. The van der Waals surface area contributed by atoms with E-state index in [9.17, 15) is 0 Å². The van der Waals surface area contributed by atoms with Gasteiger partial charge < -0.3 is 0 Å². The van der Waals surface area contributed by atoms with E-state index in [4.69, 9.17) is 0 Å². The Hall–Kier alpha value is -3.61. The van der Waals surface area contributed by atoms with Crippen LogP contribution >= 0.6 is 0 Å². The van der Waals surface area contributed by atoms with Gasteiger partial charge in [0.15, 0.2) is 0 Å². The van der Waals surface area contributed by atoms with E-state index in [1.165, 1.54) is 0 Å². The van der Waals surface area contributed by atoms with Crippen LogP contribution in [0.5, 0.6) is 0 Å². The molecule has 55 heavy (non-hydrogen) atoms. The molecule has 0 fully saturated rings. The van der Waals surface area contributed by atoms with Crippen LogP contribution in [0.2, 0.25) is 118 Å². The van der Waals surface area contributed by atoms with Gasteiger partial charge in [-0.25, -0.2) is 0 Å². The van der Waals surface area contributed by atoms with Crippen LogP contribution in [-0.2, 0) is 0 Å². The van der Waals surface area contributed by atoms with Crippen LogP contribution in [0.25, 0.3) is 0 Å². The lowest BCUT2D eigenvalue weighted by atomic mass is 9.33. The maximum Gasteiger partial charge on any atom is 0.250 e. The maximum absolute atomic E-state index is 3.75. The predicted octanol–water partition coefficient (Wildman–Crippen LogP) is 9.58. The van der Waals surface area contributed by atoms with Crippen LogP contribution in [0, 0.1) is 68.8 Å². The molecule has 0 aliphatic heterocycles. The zero-order chi connectivity index (χ0) is 41.6. The summed E-state index contributed by atoms with van der Waals surface area (Å²) in [7, 11) is -10.6. The molecule has 282 valence electrons. The first kappa shape index (κ1) is 45.8. The zero-order valence-corrected chi connectivity index (χ0v) is 43.3. The molecule has 0 bridgehead atoms. The lowest BCUT2D eigenvalue weighted by Crippen LogP contribution is -2.58. The van der Waals surface area contributed by atoms with Gasteiger partial charge in [0.2, 0.25) is 0 Å². The molecule has 0 amide bonds. The molecular weight excluding hydrogens is 756 g/mol. The first-order valence-electron chi connectivity index (χ1n) is 19.6. The fourth-order valence-corrected chi connectivity index (χ4v) is 8.30. The first-order valence-corrected chi connectivity index (χ1v) is 40.6. The van der Waals surface area contributed by atoms with E-state index in [0.717, 1.165) is 49.8 Å². The summed E-state index contributed by atoms with van der Waals surface area (Å²) in [5, 5.41) is 0. The summed E-state index contributed by atoms with van der Waals surface area (Å²) >= 11 is 0. The SMILES string of the molecule is C[Si](C)(C)C#Cc1cccc(C#C[Si](C)(C)C)c1B(c1c(C#C[Si](C)(C)C)cccc1C#C[Si](C)(C)C)c1c(C#C[Si](C)(C)C)cccc1C#C[Si](C)(C)C. The molecule has 3 aromatic rings. The van der Waals surface area contributed by atoms with E-state index in [0.29, 0.717) is 0 Å². The van der Waals surface area contributed by atoms with Gasteiger partial charge in [0.05, 0.1) is 0 Å². The molecule has 0 saturated heterocycles. The molecule has 0 atom stereocenters. The minimum atomic E-state index is -1.76. The Bertz CT molecular complexity index is 1890. The second kappa shape index (κ2) is 17.7. The summed E-state index contributed by atoms with van der Waals surface area (Å²) in [6.45, 7) is 41.2. The van der Waals surface area contributed by atoms with E-state index in [-0.39, 0.29) is 6.71 Å². The van der Waals surface area contributed by atoms with Crippen molar-refractivity contribution in [2.24, 2.45) is 0 Å².